The molecule has 1 aromatic heterocycles. The van der Waals surface area contributed by atoms with Crippen molar-refractivity contribution in [3.05, 3.63) is 156 Å². The minimum absolute atomic E-state index is 0.650. The first-order valence-electron chi connectivity index (χ1n) is 12.6. The van der Waals surface area contributed by atoms with Gasteiger partial charge in [0.15, 0.2) is 5.82 Å². The third-order valence-electron chi connectivity index (χ3n) is 7.16. The molecule has 0 unspecified atom stereocenters. The summed E-state index contributed by atoms with van der Waals surface area (Å²) in [4.78, 5) is 0. The van der Waals surface area contributed by atoms with Crippen molar-refractivity contribution in [2.45, 2.75) is 5.54 Å². The maximum Gasteiger partial charge on any atom is 0.155 e. The van der Waals surface area contributed by atoms with Crippen LogP contribution >= 0.6 is 0 Å². The minimum Gasteiger partial charge on any atom is -0.371 e. The molecule has 0 saturated carbocycles. The highest BCUT2D eigenvalue weighted by molar-refractivity contribution is 5.94. The molecule has 4 heteroatoms. The predicted molar refractivity (Wildman–Crippen MR) is 154 cm³/mol. The van der Waals surface area contributed by atoms with Gasteiger partial charge in [0, 0.05) is 12.4 Å². The Labute approximate surface area is 222 Å². The minimum atomic E-state index is -0.701. The lowest BCUT2D eigenvalue weighted by Crippen LogP contribution is -2.38. The lowest BCUT2D eigenvalue weighted by Gasteiger charge is -2.37. The fourth-order valence-corrected chi connectivity index (χ4v) is 5.38. The number of hydrogen-bond donors (Lipinski definition) is 1. The molecule has 0 bridgehead atoms. The van der Waals surface area contributed by atoms with E-state index in [1.54, 1.807) is 0 Å². The van der Waals surface area contributed by atoms with Gasteiger partial charge in [-0.05, 0) is 52.1 Å². The number of aromatic nitrogens is 2. The molecule has 1 heterocycles. The van der Waals surface area contributed by atoms with Gasteiger partial charge in [0.25, 0.3) is 0 Å². The van der Waals surface area contributed by atoms with Gasteiger partial charge < -0.3 is 5.32 Å². The zero-order valence-electron chi connectivity index (χ0n) is 21.0. The van der Waals surface area contributed by atoms with Crippen molar-refractivity contribution in [2.75, 3.05) is 12.4 Å². The highest BCUT2D eigenvalue weighted by Gasteiger charge is 2.40. The first-order valence-corrected chi connectivity index (χ1v) is 12.6. The summed E-state index contributed by atoms with van der Waals surface area (Å²) in [5.74, 6) is 0.808. The molecule has 38 heavy (non-hydrogen) atoms. The van der Waals surface area contributed by atoms with Crippen LogP contribution in [0.1, 0.15) is 22.3 Å². The van der Waals surface area contributed by atoms with Crippen molar-refractivity contribution >= 4 is 16.7 Å². The topological polar surface area (TPSA) is 53.6 Å². The Balaban J connectivity index is 1.68. The quantitative estimate of drug-likeness (QED) is 0.247. The van der Waals surface area contributed by atoms with Crippen LogP contribution in [0.5, 0.6) is 0 Å². The van der Waals surface area contributed by atoms with E-state index in [9.17, 15) is 5.26 Å². The summed E-state index contributed by atoms with van der Waals surface area (Å²) in [6.07, 6.45) is 0. The molecule has 4 nitrogen and oxygen atoms in total. The third-order valence-corrected chi connectivity index (χ3v) is 7.16. The summed E-state index contributed by atoms with van der Waals surface area (Å²) in [7, 11) is 1.91. The summed E-state index contributed by atoms with van der Waals surface area (Å²) >= 11 is 0. The number of benzene rings is 5. The maximum atomic E-state index is 9.20. The highest BCUT2D eigenvalue weighted by atomic mass is 15.4. The van der Waals surface area contributed by atoms with E-state index in [4.69, 9.17) is 5.10 Å². The molecule has 0 spiro atoms. The molecular formula is C34H26N4. The molecule has 0 radical (unpaired) electrons. The Bertz CT molecular complexity index is 1630. The van der Waals surface area contributed by atoms with Crippen LogP contribution in [0.15, 0.2) is 133 Å². The lowest BCUT2D eigenvalue weighted by atomic mass is 9.77. The molecule has 0 fully saturated rings. The van der Waals surface area contributed by atoms with Crippen molar-refractivity contribution in [1.29, 1.82) is 5.26 Å². The van der Waals surface area contributed by atoms with E-state index in [0.717, 1.165) is 44.5 Å². The first-order chi connectivity index (χ1) is 18.8. The van der Waals surface area contributed by atoms with E-state index in [-0.39, 0.29) is 0 Å². The number of nitriles is 1. The number of anilines is 1. The molecule has 0 amide bonds. The zero-order chi connectivity index (χ0) is 26.0. The van der Waals surface area contributed by atoms with Gasteiger partial charge in [-0.2, -0.15) is 10.4 Å². The van der Waals surface area contributed by atoms with Gasteiger partial charge >= 0.3 is 0 Å². The number of fused-ring (bicyclic) bond motifs is 1. The SMILES string of the molecule is CNc1nn(C(c2ccccc2)(c2ccccc2)c2ccccc2)c2ccc(-c3ccc(C#N)cc3)cc12. The number of nitrogens with one attached hydrogen (secondary N) is 1. The average molecular weight is 491 g/mol. The van der Waals surface area contributed by atoms with E-state index >= 15 is 0 Å². The Kier molecular flexibility index (Phi) is 5.95. The second-order valence-corrected chi connectivity index (χ2v) is 9.24. The van der Waals surface area contributed by atoms with Crippen LogP contribution < -0.4 is 5.32 Å². The molecule has 0 atom stereocenters. The standard InChI is InChI=1S/C34H26N4/c1-36-33-31-23-27(26-19-17-25(24-35)18-20-26)21-22-32(31)38(37-33)34(28-11-5-2-6-12-28,29-13-7-3-8-14-29)30-15-9-4-10-16-30/h2-23H,1H3,(H,36,37). The Hall–Kier alpha value is -5.14. The molecule has 0 aliphatic rings. The van der Waals surface area contributed by atoms with Crippen LogP contribution in [0.3, 0.4) is 0 Å². The molecule has 6 rings (SSSR count). The normalized spacial score (nSPS) is 11.3. The van der Waals surface area contributed by atoms with Crippen LogP contribution in [0.4, 0.5) is 5.82 Å². The summed E-state index contributed by atoms with van der Waals surface area (Å²) < 4.78 is 2.16. The van der Waals surface area contributed by atoms with Gasteiger partial charge in [-0.15, -0.1) is 0 Å². The largest absolute Gasteiger partial charge is 0.371 e. The monoisotopic (exact) mass is 490 g/mol. The number of rotatable bonds is 6. The van der Waals surface area contributed by atoms with Gasteiger partial charge in [0.05, 0.1) is 17.1 Å². The van der Waals surface area contributed by atoms with Crippen LogP contribution in [0, 0.1) is 11.3 Å². The first kappa shape index (κ1) is 23.3. The second kappa shape index (κ2) is 9.72. The van der Waals surface area contributed by atoms with E-state index in [2.05, 4.69) is 107 Å². The summed E-state index contributed by atoms with van der Waals surface area (Å²) in [5, 5.41) is 18.8. The van der Waals surface area contributed by atoms with Gasteiger partial charge in [-0.1, -0.05) is 109 Å². The summed E-state index contributed by atoms with van der Waals surface area (Å²) in [6.45, 7) is 0. The molecule has 0 saturated heterocycles. The van der Waals surface area contributed by atoms with Crippen molar-refractivity contribution in [3.8, 4) is 17.2 Å². The van der Waals surface area contributed by atoms with Crippen LogP contribution in [0.25, 0.3) is 22.0 Å². The summed E-state index contributed by atoms with van der Waals surface area (Å²) in [5.41, 5.74) is 6.47. The van der Waals surface area contributed by atoms with Crippen molar-refractivity contribution in [2.24, 2.45) is 0 Å². The second-order valence-electron chi connectivity index (χ2n) is 9.24. The van der Waals surface area contributed by atoms with E-state index < -0.39 is 5.54 Å². The molecule has 6 aromatic rings. The lowest BCUT2D eigenvalue weighted by molar-refractivity contribution is 0.477. The van der Waals surface area contributed by atoms with Crippen molar-refractivity contribution in [1.82, 2.24) is 9.78 Å². The van der Waals surface area contributed by atoms with Crippen LogP contribution in [-0.2, 0) is 5.54 Å². The van der Waals surface area contributed by atoms with E-state index in [1.807, 2.05) is 49.5 Å². The predicted octanol–water partition coefficient (Wildman–Crippen LogP) is 7.46. The molecule has 182 valence electrons. The Morgan fingerprint density at radius 3 is 1.63 bits per heavy atom. The van der Waals surface area contributed by atoms with Gasteiger partial charge in [0.2, 0.25) is 0 Å². The average Bonchev–Trinajstić information content (AvgIpc) is 3.37. The van der Waals surface area contributed by atoms with Crippen molar-refractivity contribution < 1.29 is 0 Å². The van der Waals surface area contributed by atoms with Crippen LogP contribution in [-0.4, -0.2) is 16.8 Å². The van der Waals surface area contributed by atoms with Crippen molar-refractivity contribution in [3.63, 3.8) is 0 Å². The molecule has 5 aromatic carbocycles. The fourth-order valence-electron chi connectivity index (χ4n) is 5.38. The Morgan fingerprint density at radius 2 is 1.16 bits per heavy atom. The zero-order valence-corrected chi connectivity index (χ0v) is 21.0. The van der Waals surface area contributed by atoms with E-state index in [1.165, 1.54) is 0 Å². The smallest absolute Gasteiger partial charge is 0.155 e. The number of nitrogens with zero attached hydrogens (tertiary/aromatic N) is 3. The summed E-state index contributed by atoms with van der Waals surface area (Å²) in [6, 6.07) is 48.1. The van der Waals surface area contributed by atoms with Gasteiger partial charge in [-0.3, -0.25) is 0 Å². The van der Waals surface area contributed by atoms with Gasteiger partial charge in [-0.25, -0.2) is 4.68 Å². The highest BCUT2D eigenvalue weighted by Crippen LogP contribution is 2.43. The van der Waals surface area contributed by atoms with E-state index in [0.29, 0.717) is 5.56 Å². The molecular weight excluding hydrogens is 464 g/mol. The Morgan fingerprint density at radius 1 is 0.658 bits per heavy atom. The molecule has 1 N–H and O–H groups in total. The molecule has 0 aliphatic heterocycles. The van der Waals surface area contributed by atoms with Gasteiger partial charge in [0.1, 0.15) is 5.54 Å². The fraction of sp³-hybridized carbons (Fsp3) is 0.0588. The maximum absolute atomic E-state index is 9.20. The van der Waals surface area contributed by atoms with Crippen LogP contribution in [0.2, 0.25) is 0 Å². The molecule has 0 aliphatic carbocycles. The number of hydrogen-bond acceptors (Lipinski definition) is 3. The third kappa shape index (κ3) is 3.73.